The number of fused-ring (bicyclic) bond motifs is 1. The first-order valence-electron chi connectivity index (χ1n) is 9.32. The fourth-order valence-corrected chi connectivity index (χ4v) is 3.31. The Hall–Kier alpha value is -3.81. The van der Waals surface area contributed by atoms with Gasteiger partial charge in [0, 0.05) is 6.54 Å². The summed E-state index contributed by atoms with van der Waals surface area (Å²) in [5, 5.41) is 0. The Kier molecular flexibility index (Phi) is 4.90. The van der Waals surface area contributed by atoms with Gasteiger partial charge in [0.2, 0.25) is 5.89 Å². The van der Waals surface area contributed by atoms with Gasteiger partial charge in [0.05, 0.1) is 13.1 Å². The number of nitrogens with zero attached hydrogens (tertiary/aromatic N) is 3. The summed E-state index contributed by atoms with van der Waals surface area (Å²) >= 11 is 0. The second-order valence-corrected chi connectivity index (χ2v) is 6.65. The van der Waals surface area contributed by atoms with E-state index in [4.69, 9.17) is 10.2 Å². The predicted octanol–water partition coefficient (Wildman–Crippen LogP) is 2.33. The Labute approximate surface area is 166 Å². The summed E-state index contributed by atoms with van der Waals surface area (Å²) in [4.78, 5) is 33.6. The van der Waals surface area contributed by atoms with E-state index in [0.29, 0.717) is 18.0 Å². The van der Waals surface area contributed by atoms with E-state index in [0.717, 1.165) is 11.1 Å². The van der Waals surface area contributed by atoms with Gasteiger partial charge in [-0.15, -0.1) is 0 Å². The highest BCUT2D eigenvalue weighted by molar-refractivity contribution is 5.72. The molecule has 0 bridgehead atoms. The van der Waals surface area contributed by atoms with Crippen LogP contribution in [0.3, 0.4) is 0 Å². The summed E-state index contributed by atoms with van der Waals surface area (Å²) in [6, 6.07) is 16.9. The van der Waals surface area contributed by atoms with Crippen LogP contribution >= 0.6 is 0 Å². The van der Waals surface area contributed by atoms with E-state index in [1.165, 1.54) is 4.57 Å². The maximum absolute atomic E-state index is 12.6. The summed E-state index contributed by atoms with van der Waals surface area (Å²) in [5.74, 6) is 0.577. The molecule has 0 amide bonds. The van der Waals surface area contributed by atoms with Crippen molar-refractivity contribution in [2.45, 2.75) is 20.0 Å². The molecule has 8 heteroatoms. The number of oxazole rings is 1. The van der Waals surface area contributed by atoms with E-state index in [9.17, 15) is 9.59 Å². The molecule has 0 unspecified atom stereocenters. The molecule has 0 aliphatic rings. The minimum atomic E-state index is -0.544. The van der Waals surface area contributed by atoms with Crippen molar-refractivity contribution >= 4 is 22.6 Å². The van der Waals surface area contributed by atoms with Crippen molar-refractivity contribution in [3.63, 3.8) is 0 Å². The third-order valence-electron chi connectivity index (χ3n) is 4.76. The third kappa shape index (κ3) is 3.64. The van der Waals surface area contributed by atoms with E-state index in [1.807, 2.05) is 61.5 Å². The first-order valence-corrected chi connectivity index (χ1v) is 9.32. The highest BCUT2D eigenvalue weighted by Crippen LogP contribution is 2.21. The normalized spacial score (nSPS) is 11.1. The average molecular weight is 391 g/mol. The zero-order valence-electron chi connectivity index (χ0n) is 16.0. The van der Waals surface area contributed by atoms with Crippen LogP contribution in [0.25, 0.3) is 11.1 Å². The van der Waals surface area contributed by atoms with Crippen LogP contribution in [-0.4, -0.2) is 21.1 Å². The van der Waals surface area contributed by atoms with Gasteiger partial charge in [-0.3, -0.25) is 14.3 Å². The van der Waals surface area contributed by atoms with Crippen molar-refractivity contribution in [1.82, 2.24) is 14.5 Å². The van der Waals surface area contributed by atoms with Crippen molar-refractivity contribution in [1.29, 1.82) is 0 Å². The van der Waals surface area contributed by atoms with Crippen LogP contribution in [0.15, 0.2) is 68.6 Å². The number of hydrogen-bond donors (Lipinski definition) is 2. The van der Waals surface area contributed by atoms with Crippen molar-refractivity contribution in [2.75, 3.05) is 17.2 Å². The summed E-state index contributed by atoms with van der Waals surface area (Å²) in [7, 11) is 0. The SMILES string of the molecule is CCN(Cc1nc2ccccc2o1)c1c(N)n(Cc2ccccc2)c(=O)[nH]c1=O. The number of aromatic amines is 1. The maximum atomic E-state index is 12.6. The van der Waals surface area contributed by atoms with Crippen molar-refractivity contribution in [3.05, 3.63) is 86.9 Å². The molecule has 0 spiro atoms. The fourth-order valence-electron chi connectivity index (χ4n) is 3.31. The molecule has 0 fully saturated rings. The van der Waals surface area contributed by atoms with Gasteiger partial charge in [-0.05, 0) is 24.6 Å². The molecule has 0 atom stereocenters. The number of anilines is 2. The highest BCUT2D eigenvalue weighted by atomic mass is 16.3. The molecule has 29 heavy (non-hydrogen) atoms. The third-order valence-corrected chi connectivity index (χ3v) is 4.76. The molecule has 4 aromatic rings. The second kappa shape index (κ2) is 7.67. The first kappa shape index (κ1) is 18.5. The van der Waals surface area contributed by atoms with Gasteiger partial charge in [0.1, 0.15) is 17.0 Å². The van der Waals surface area contributed by atoms with Gasteiger partial charge in [0.25, 0.3) is 5.56 Å². The molecular weight excluding hydrogens is 370 g/mol. The van der Waals surface area contributed by atoms with Gasteiger partial charge in [0.15, 0.2) is 5.58 Å². The Balaban J connectivity index is 1.72. The minimum Gasteiger partial charge on any atom is -0.439 e. The lowest BCUT2D eigenvalue weighted by atomic mass is 10.2. The Morgan fingerprint density at radius 1 is 1.10 bits per heavy atom. The Bertz CT molecular complexity index is 1220. The summed E-state index contributed by atoms with van der Waals surface area (Å²) in [5.41, 5.74) is 7.76. The molecule has 0 radical (unpaired) electrons. The number of hydrogen-bond acceptors (Lipinski definition) is 6. The quantitative estimate of drug-likeness (QED) is 0.522. The largest absolute Gasteiger partial charge is 0.439 e. The van der Waals surface area contributed by atoms with E-state index in [-0.39, 0.29) is 24.6 Å². The molecule has 8 nitrogen and oxygen atoms in total. The number of aromatic nitrogens is 3. The number of rotatable bonds is 6. The molecule has 2 aromatic heterocycles. The van der Waals surface area contributed by atoms with Gasteiger partial charge in [-0.2, -0.15) is 0 Å². The minimum absolute atomic E-state index is 0.112. The zero-order valence-corrected chi connectivity index (χ0v) is 16.0. The lowest BCUT2D eigenvalue weighted by Crippen LogP contribution is -2.38. The number of H-pyrrole nitrogens is 1. The summed E-state index contributed by atoms with van der Waals surface area (Å²) < 4.78 is 7.14. The molecule has 2 heterocycles. The predicted molar refractivity (Wildman–Crippen MR) is 112 cm³/mol. The van der Waals surface area contributed by atoms with E-state index in [1.54, 1.807) is 4.90 Å². The van der Waals surface area contributed by atoms with E-state index >= 15 is 0 Å². The number of para-hydroxylation sites is 2. The second-order valence-electron chi connectivity index (χ2n) is 6.65. The molecule has 0 saturated heterocycles. The van der Waals surface area contributed by atoms with Gasteiger partial charge < -0.3 is 15.1 Å². The molecular formula is C21H21N5O3. The number of benzene rings is 2. The van der Waals surface area contributed by atoms with Gasteiger partial charge >= 0.3 is 5.69 Å². The molecule has 0 aliphatic carbocycles. The van der Waals surface area contributed by atoms with Gasteiger partial charge in [-0.25, -0.2) is 9.78 Å². The Morgan fingerprint density at radius 3 is 2.55 bits per heavy atom. The zero-order chi connectivity index (χ0) is 20.4. The van der Waals surface area contributed by atoms with Crippen LogP contribution < -0.4 is 21.9 Å². The molecule has 2 aromatic carbocycles. The lowest BCUT2D eigenvalue weighted by Gasteiger charge is -2.23. The summed E-state index contributed by atoms with van der Waals surface area (Å²) in [6.07, 6.45) is 0. The van der Waals surface area contributed by atoms with E-state index in [2.05, 4.69) is 9.97 Å². The Morgan fingerprint density at radius 2 is 1.83 bits per heavy atom. The molecule has 0 saturated carbocycles. The number of nitrogens with one attached hydrogen (secondary N) is 1. The highest BCUT2D eigenvalue weighted by Gasteiger charge is 2.20. The number of nitrogens with two attached hydrogens (primary N) is 1. The van der Waals surface area contributed by atoms with Crippen molar-refractivity contribution in [3.8, 4) is 0 Å². The fraction of sp³-hybridized carbons (Fsp3) is 0.190. The maximum Gasteiger partial charge on any atom is 0.330 e. The van der Waals surface area contributed by atoms with Crippen LogP contribution in [-0.2, 0) is 13.1 Å². The molecule has 148 valence electrons. The van der Waals surface area contributed by atoms with Crippen LogP contribution in [0.2, 0.25) is 0 Å². The average Bonchev–Trinajstić information content (AvgIpc) is 3.13. The first-order chi connectivity index (χ1) is 14.1. The van der Waals surface area contributed by atoms with E-state index < -0.39 is 11.2 Å². The van der Waals surface area contributed by atoms with Crippen LogP contribution in [0.1, 0.15) is 18.4 Å². The lowest BCUT2D eigenvalue weighted by molar-refractivity contribution is 0.521. The van der Waals surface area contributed by atoms with Crippen LogP contribution in [0.4, 0.5) is 11.5 Å². The number of nitrogen functional groups attached to an aromatic ring is 1. The smallest absolute Gasteiger partial charge is 0.330 e. The standard InChI is InChI=1S/C21H21N5O3/c1-2-25(13-17-23-15-10-6-7-11-16(15)29-17)18-19(22)26(21(28)24-20(18)27)12-14-8-4-3-5-9-14/h3-11H,2,12-13,22H2,1H3,(H,24,27,28). The molecule has 3 N–H and O–H groups in total. The van der Waals surface area contributed by atoms with Crippen LogP contribution in [0.5, 0.6) is 0 Å². The molecule has 0 aliphatic heterocycles. The van der Waals surface area contributed by atoms with Crippen molar-refractivity contribution < 1.29 is 4.42 Å². The van der Waals surface area contributed by atoms with Crippen molar-refractivity contribution in [2.24, 2.45) is 0 Å². The summed E-state index contributed by atoms with van der Waals surface area (Å²) in [6.45, 7) is 2.89. The van der Waals surface area contributed by atoms with Gasteiger partial charge in [-0.1, -0.05) is 42.5 Å². The molecule has 4 rings (SSSR count). The topological polar surface area (TPSA) is 110 Å². The monoisotopic (exact) mass is 391 g/mol. The van der Waals surface area contributed by atoms with Crippen LogP contribution in [0, 0.1) is 0 Å².